The molecule has 1 N–H and O–H groups in total. The molecule has 0 fully saturated rings. The zero-order valence-corrected chi connectivity index (χ0v) is 11.0. The van der Waals surface area contributed by atoms with Gasteiger partial charge in [-0.3, -0.25) is 9.59 Å². The van der Waals surface area contributed by atoms with Gasteiger partial charge in [0.1, 0.15) is 0 Å². The van der Waals surface area contributed by atoms with Crippen LogP contribution in [0.5, 0.6) is 0 Å². The molecule has 0 saturated carbocycles. The lowest BCUT2D eigenvalue weighted by atomic mass is 9.92. The first-order chi connectivity index (χ1) is 7.77. The van der Waals surface area contributed by atoms with E-state index in [0.717, 1.165) is 5.69 Å². The summed E-state index contributed by atoms with van der Waals surface area (Å²) in [5, 5.41) is 0. The zero-order chi connectivity index (χ0) is 13.5. The molecule has 1 heterocycles. The van der Waals surface area contributed by atoms with Crippen molar-refractivity contribution < 1.29 is 9.53 Å². The van der Waals surface area contributed by atoms with Gasteiger partial charge < -0.3 is 9.72 Å². The third-order valence-corrected chi connectivity index (χ3v) is 1.79. The number of hydrogen-bond acceptors (Lipinski definition) is 4. The van der Waals surface area contributed by atoms with E-state index in [1.54, 1.807) is 6.92 Å². The largest absolute Gasteiger partial charge is 0.466 e. The lowest BCUT2D eigenvalue weighted by Crippen LogP contribution is -2.18. The molecule has 1 aromatic rings. The van der Waals surface area contributed by atoms with E-state index in [2.05, 4.69) is 14.7 Å². The summed E-state index contributed by atoms with van der Waals surface area (Å²) in [4.78, 5) is 27.2. The van der Waals surface area contributed by atoms with Crippen LogP contribution in [0, 0.1) is 0 Å². The molecule has 0 bridgehead atoms. The molecule has 0 spiro atoms. The van der Waals surface area contributed by atoms with Gasteiger partial charge in [0.2, 0.25) is 0 Å². The number of carbonyl (C=O) groups excluding carboxylic acids is 1. The van der Waals surface area contributed by atoms with E-state index >= 15 is 0 Å². The Kier molecular flexibility index (Phi) is 6.17. The third-order valence-electron chi connectivity index (χ3n) is 1.79. The Balaban J connectivity index is 0.000000366. The van der Waals surface area contributed by atoms with Crippen LogP contribution in [-0.4, -0.2) is 22.5 Å². The smallest absolute Gasteiger partial charge is 0.302 e. The van der Waals surface area contributed by atoms with Crippen molar-refractivity contribution in [2.75, 3.05) is 6.61 Å². The third kappa shape index (κ3) is 7.27. The van der Waals surface area contributed by atoms with Crippen molar-refractivity contribution in [1.82, 2.24) is 9.97 Å². The number of ether oxygens (including phenoxy) is 1. The molecule has 17 heavy (non-hydrogen) atoms. The van der Waals surface area contributed by atoms with Crippen LogP contribution in [0.3, 0.4) is 0 Å². The number of H-pyrrole nitrogens is 1. The van der Waals surface area contributed by atoms with Crippen LogP contribution in [0.1, 0.15) is 40.3 Å². The molecular formula is C12H20N2O3. The Morgan fingerprint density at radius 3 is 2.29 bits per heavy atom. The SMILES string of the molecule is CC(C)(C)c1cc(=O)[nH]cn1.CCOC(C)=O. The molecule has 0 aliphatic rings. The molecule has 0 aromatic carbocycles. The van der Waals surface area contributed by atoms with Gasteiger partial charge in [0.15, 0.2) is 0 Å². The van der Waals surface area contributed by atoms with Crippen LogP contribution < -0.4 is 5.56 Å². The average Bonchev–Trinajstić information content (AvgIpc) is 2.17. The van der Waals surface area contributed by atoms with Gasteiger partial charge in [-0.05, 0) is 6.92 Å². The fourth-order valence-corrected chi connectivity index (χ4v) is 0.982. The first kappa shape index (κ1) is 15.3. The molecule has 0 amide bonds. The summed E-state index contributed by atoms with van der Waals surface area (Å²) in [6.07, 6.45) is 1.43. The van der Waals surface area contributed by atoms with Crippen molar-refractivity contribution in [3.05, 3.63) is 28.4 Å². The number of aromatic nitrogens is 2. The minimum Gasteiger partial charge on any atom is -0.466 e. The van der Waals surface area contributed by atoms with Gasteiger partial charge in [0.25, 0.3) is 5.56 Å². The highest BCUT2D eigenvalue weighted by molar-refractivity contribution is 5.65. The van der Waals surface area contributed by atoms with Crippen LogP contribution in [0.2, 0.25) is 0 Å². The summed E-state index contributed by atoms with van der Waals surface area (Å²) < 4.78 is 4.40. The Bertz CT molecular complexity index is 405. The first-order valence-corrected chi connectivity index (χ1v) is 5.46. The van der Waals surface area contributed by atoms with E-state index in [1.165, 1.54) is 19.3 Å². The fraction of sp³-hybridized carbons (Fsp3) is 0.583. The molecule has 5 heteroatoms. The average molecular weight is 240 g/mol. The van der Waals surface area contributed by atoms with Gasteiger partial charge in [-0.25, -0.2) is 4.98 Å². The van der Waals surface area contributed by atoms with Crippen LogP contribution in [-0.2, 0) is 14.9 Å². The molecule has 96 valence electrons. The lowest BCUT2D eigenvalue weighted by molar-refractivity contribution is -0.140. The monoisotopic (exact) mass is 240 g/mol. The van der Waals surface area contributed by atoms with E-state index in [9.17, 15) is 9.59 Å². The summed E-state index contributed by atoms with van der Waals surface area (Å²) in [6.45, 7) is 9.72. The normalized spacial score (nSPS) is 10.2. The van der Waals surface area contributed by atoms with Crippen LogP contribution in [0.4, 0.5) is 0 Å². The maximum Gasteiger partial charge on any atom is 0.302 e. The van der Waals surface area contributed by atoms with Gasteiger partial charge in [-0.1, -0.05) is 20.8 Å². The number of nitrogens with one attached hydrogen (secondary N) is 1. The van der Waals surface area contributed by atoms with Gasteiger partial charge in [-0.15, -0.1) is 0 Å². The number of hydrogen-bond donors (Lipinski definition) is 1. The van der Waals surface area contributed by atoms with Crippen molar-refractivity contribution in [1.29, 1.82) is 0 Å². The van der Waals surface area contributed by atoms with E-state index in [1.807, 2.05) is 20.8 Å². The second-order valence-electron chi connectivity index (χ2n) is 4.47. The summed E-state index contributed by atoms with van der Waals surface area (Å²) in [5.41, 5.74) is 0.681. The fourth-order valence-electron chi connectivity index (χ4n) is 0.982. The minimum absolute atomic E-state index is 0.0474. The van der Waals surface area contributed by atoms with E-state index in [-0.39, 0.29) is 16.9 Å². The van der Waals surface area contributed by atoms with Crippen molar-refractivity contribution in [2.45, 2.75) is 40.0 Å². The van der Waals surface area contributed by atoms with Gasteiger partial charge >= 0.3 is 5.97 Å². The topological polar surface area (TPSA) is 72.1 Å². The first-order valence-electron chi connectivity index (χ1n) is 5.46. The highest BCUT2D eigenvalue weighted by atomic mass is 16.5. The quantitative estimate of drug-likeness (QED) is 0.757. The van der Waals surface area contributed by atoms with Crippen molar-refractivity contribution >= 4 is 5.97 Å². The number of nitrogens with zero attached hydrogens (tertiary/aromatic N) is 1. The maximum atomic E-state index is 10.8. The highest BCUT2D eigenvalue weighted by Crippen LogP contribution is 2.16. The molecule has 1 rings (SSSR count). The Morgan fingerprint density at radius 1 is 1.47 bits per heavy atom. The number of rotatable bonds is 1. The Morgan fingerprint density at radius 2 is 2.06 bits per heavy atom. The van der Waals surface area contributed by atoms with Crippen LogP contribution in [0.15, 0.2) is 17.2 Å². The molecule has 0 radical (unpaired) electrons. The van der Waals surface area contributed by atoms with Crippen molar-refractivity contribution in [2.24, 2.45) is 0 Å². The Hall–Kier alpha value is -1.65. The molecule has 1 aromatic heterocycles. The summed E-state index contributed by atoms with van der Waals surface area (Å²) in [5.74, 6) is -0.211. The van der Waals surface area contributed by atoms with E-state index < -0.39 is 0 Å². The second-order valence-corrected chi connectivity index (χ2v) is 4.47. The van der Waals surface area contributed by atoms with Crippen molar-refractivity contribution in [3.63, 3.8) is 0 Å². The predicted molar refractivity (Wildman–Crippen MR) is 65.9 cm³/mol. The molecule has 0 aliphatic carbocycles. The number of carbonyl (C=O) groups is 1. The van der Waals surface area contributed by atoms with E-state index in [0.29, 0.717) is 6.61 Å². The molecule has 5 nitrogen and oxygen atoms in total. The highest BCUT2D eigenvalue weighted by Gasteiger charge is 2.14. The van der Waals surface area contributed by atoms with Crippen molar-refractivity contribution in [3.8, 4) is 0 Å². The molecule has 0 unspecified atom stereocenters. The number of aromatic amines is 1. The molecule has 0 aliphatic heterocycles. The standard InChI is InChI=1S/C8H12N2O.C4H8O2/c1-8(2,3)6-4-7(11)10-5-9-6;1-3-6-4(2)5/h4-5H,1-3H3,(H,9,10,11);3H2,1-2H3. The lowest BCUT2D eigenvalue weighted by Gasteiger charge is -2.15. The second kappa shape index (κ2) is 6.83. The number of esters is 1. The van der Waals surface area contributed by atoms with Gasteiger partial charge in [-0.2, -0.15) is 0 Å². The summed E-state index contributed by atoms with van der Waals surface area (Å²) >= 11 is 0. The van der Waals surface area contributed by atoms with Gasteiger partial charge in [0.05, 0.1) is 18.6 Å². The van der Waals surface area contributed by atoms with Crippen LogP contribution >= 0.6 is 0 Å². The van der Waals surface area contributed by atoms with Gasteiger partial charge in [0, 0.05) is 18.4 Å². The molecule has 0 atom stereocenters. The minimum atomic E-state index is -0.211. The molecular weight excluding hydrogens is 220 g/mol. The summed E-state index contributed by atoms with van der Waals surface area (Å²) in [6, 6.07) is 1.53. The maximum absolute atomic E-state index is 10.8. The Labute approximate surface area is 101 Å². The predicted octanol–water partition coefficient (Wildman–Crippen LogP) is 1.64. The van der Waals surface area contributed by atoms with E-state index in [4.69, 9.17) is 0 Å². The zero-order valence-electron chi connectivity index (χ0n) is 11.0. The molecule has 0 saturated heterocycles. The summed E-state index contributed by atoms with van der Waals surface area (Å²) in [7, 11) is 0. The van der Waals surface area contributed by atoms with Crippen LogP contribution in [0.25, 0.3) is 0 Å².